The van der Waals surface area contributed by atoms with Crippen LogP contribution in [-0.2, 0) is 6.54 Å². The molecule has 0 bridgehead atoms. The Morgan fingerprint density at radius 2 is 2.40 bits per heavy atom. The molecule has 0 aliphatic heterocycles. The summed E-state index contributed by atoms with van der Waals surface area (Å²) >= 11 is 1.57. The third kappa shape index (κ3) is 1.91. The van der Waals surface area contributed by atoms with Crippen LogP contribution in [0.3, 0.4) is 0 Å². The molecule has 1 saturated carbocycles. The van der Waals surface area contributed by atoms with Crippen LogP contribution < -0.4 is 5.32 Å². The van der Waals surface area contributed by atoms with Crippen LogP contribution in [0.5, 0.6) is 0 Å². The van der Waals surface area contributed by atoms with Crippen LogP contribution in [0, 0.1) is 0 Å². The van der Waals surface area contributed by atoms with Crippen molar-refractivity contribution in [2.75, 3.05) is 0 Å². The quantitative estimate of drug-likeness (QED) is 0.836. The molecule has 0 unspecified atom stereocenters. The summed E-state index contributed by atoms with van der Waals surface area (Å²) in [4.78, 5) is 8.44. The van der Waals surface area contributed by atoms with Gasteiger partial charge in [0.2, 0.25) is 5.13 Å². The van der Waals surface area contributed by atoms with Gasteiger partial charge in [0.25, 0.3) is 0 Å². The van der Waals surface area contributed by atoms with E-state index in [2.05, 4.69) is 20.4 Å². The molecular weight excluding hydrogens is 210 g/mol. The Bertz CT molecular complexity index is 431. The highest BCUT2D eigenvalue weighted by molar-refractivity contribution is 7.12. The summed E-state index contributed by atoms with van der Waals surface area (Å²) < 4.78 is 1.79. The van der Waals surface area contributed by atoms with E-state index in [4.69, 9.17) is 0 Å². The van der Waals surface area contributed by atoms with E-state index in [0.717, 1.165) is 17.5 Å². The van der Waals surface area contributed by atoms with Crippen molar-refractivity contribution in [3.63, 3.8) is 0 Å². The molecule has 78 valence electrons. The summed E-state index contributed by atoms with van der Waals surface area (Å²) in [5.41, 5.74) is 0. The fraction of sp³-hybridized carbons (Fsp3) is 0.444. The van der Waals surface area contributed by atoms with Crippen molar-refractivity contribution in [1.29, 1.82) is 0 Å². The Hall–Kier alpha value is -1.27. The Morgan fingerprint density at radius 3 is 3.13 bits per heavy atom. The molecule has 0 radical (unpaired) electrons. The van der Waals surface area contributed by atoms with Gasteiger partial charge in [0.05, 0.1) is 6.54 Å². The van der Waals surface area contributed by atoms with Gasteiger partial charge in [0.15, 0.2) is 0 Å². The van der Waals surface area contributed by atoms with Crippen molar-refractivity contribution in [2.24, 2.45) is 0 Å². The highest BCUT2D eigenvalue weighted by Crippen LogP contribution is 2.19. The molecule has 1 fully saturated rings. The molecule has 2 aromatic rings. The largest absolute Gasteiger partial charge is 0.307 e. The fourth-order valence-corrected chi connectivity index (χ4v) is 2.01. The number of nitrogens with zero attached hydrogens (tertiary/aromatic N) is 4. The molecule has 3 rings (SSSR count). The highest BCUT2D eigenvalue weighted by Gasteiger charge is 2.21. The Balaban J connectivity index is 1.79. The van der Waals surface area contributed by atoms with E-state index < -0.39 is 0 Å². The molecule has 2 aromatic heterocycles. The lowest BCUT2D eigenvalue weighted by atomic mass is 10.5. The topological polar surface area (TPSA) is 55.6 Å². The first-order valence-corrected chi connectivity index (χ1v) is 5.83. The van der Waals surface area contributed by atoms with Gasteiger partial charge in [0.1, 0.15) is 12.2 Å². The van der Waals surface area contributed by atoms with Crippen LogP contribution in [0.25, 0.3) is 5.13 Å². The standard InChI is InChI=1S/C9H11N5S/c1-2-7(1)11-5-8-12-6-13-14(8)9-10-3-4-15-9/h3-4,6-7,11H,1-2,5H2. The normalized spacial score (nSPS) is 15.7. The molecule has 0 aromatic carbocycles. The maximum absolute atomic E-state index is 4.23. The Morgan fingerprint density at radius 1 is 1.47 bits per heavy atom. The zero-order valence-electron chi connectivity index (χ0n) is 8.13. The average molecular weight is 221 g/mol. The molecule has 6 heteroatoms. The van der Waals surface area contributed by atoms with Gasteiger partial charge in [0, 0.05) is 17.6 Å². The van der Waals surface area contributed by atoms with Crippen molar-refractivity contribution in [3.8, 4) is 5.13 Å². The molecule has 1 aliphatic rings. The first-order chi connectivity index (χ1) is 7.43. The number of thiazole rings is 1. The second-order valence-corrected chi connectivity index (χ2v) is 4.43. The highest BCUT2D eigenvalue weighted by atomic mass is 32.1. The number of rotatable bonds is 4. The molecule has 15 heavy (non-hydrogen) atoms. The van der Waals surface area contributed by atoms with E-state index >= 15 is 0 Å². The number of hydrogen-bond donors (Lipinski definition) is 1. The van der Waals surface area contributed by atoms with Crippen LogP contribution in [-0.4, -0.2) is 25.8 Å². The van der Waals surface area contributed by atoms with E-state index in [1.165, 1.54) is 12.8 Å². The minimum Gasteiger partial charge on any atom is -0.307 e. The van der Waals surface area contributed by atoms with Gasteiger partial charge in [-0.2, -0.15) is 9.78 Å². The maximum atomic E-state index is 4.23. The van der Waals surface area contributed by atoms with Gasteiger partial charge in [-0.25, -0.2) is 9.97 Å². The first kappa shape index (κ1) is 8.99. The minimum absolute atomic E-state index is 0.687. The van der Waals surface area contributed by atoms with E-state index in [-0.39, 0.29) is 0 Å². The van der Waals surface area contributed by atoms with Crippen molar-refractivity contribution >= 4 is 11.3 Å². The second-order valence-electron chi connectivity index (χ2n) is 3.56. The predicted octanol–water partition coefficient (Wildman–Crippen LogP) is 0.976. The zero-order valence-corrected chi connectivity index (χ0v) is 8.94. The summed E-state index contributed by atoms with van der Waals surface area (Å²) in [6, 6.07) is 0.687. The maximum Gasteiger partial charge on any atom is 0.212 e. The SMILES string of the molecule is c1csc(-n2ncnc2CNC2CC2)n1. The lowest BCUT2D eigenvalue weighted by molar-refractivity contribution is 0.637. The third-order valence-electron chi connectivity index (χ3n) is 2.35. The van der Waals surface area contributed by atoms with Crippen LogP contribution in [0.1, 0.15) is 18.7 Å². The van der Waals surface area contributed by atoms with Gasteiger partial charge in [-0.3, -0.25) is 0 Å². The van der Waals surface area contributed by atoms with Crippen LogP contribution in [0.15, 0.2) is 17.9 Å². The van der Waals surface area contributed by atoms with Crippen molar-refractivity contribution in [2.45, 2.75) is 25.4 Å². The minimum atomic E-state index is 0.687. The molecule has 0 spiro atoms. The molecule has 0 saturated heterocycles. The summed E-state index contributed by atoms with van der Waals surface area (Å²) in [5.74, 6) is 0.928. The second kappa shape index (κ2) is 3.71. The van der Waals surface area contributed by atoms with Crippen molar-refractivity contribution in [1.82, 2.24) is 25.1 Å². The van der Waals surface area contributed by atoms with E-state index in [9.17, 15) is 0 Å². The van der Waals surface area contributed by atoms with Crippen LogP contribution in [0.2, 0.25) is 0 Å². The average Bonchev–Trinajstić information content (AvgIpc) is 2.79. The van der Waals surface area contributed by atoms with Crippen molar-refractivity contribution < 1.29 is 0 Å². The van der Waals surface area contributed by atoms with Gasteiger partial charge < -0.3 is 5.32 Å². The van der Waals surface area contributed by atoms with E-state index in [0.29, 0.717) is 6.04 Å². The number of hydrogen-bond acceptors (Lipinski definition) is 5. The van der Waals surface area contributed by atoms with Gasteiger partial charge in [-0.1, -0.05) is 0 Å². The summed E-state index contributed by atoms with van der Waals surface area (Å²) in [5, 5.41) is 10.4. The molecule has 1 N–H and O–H groups in total. The Kier molecular flexibility index (Phi) is 2.22. The summed E-state index contributed by atoms with van der Waals surface area (Å²) in [7, 11) is 0. The molecule has 2 heterocycles. The van der Waals surface area contributed by atoms with Crippen molar-refractivity contribution in [3.05, 3.63) is 23.7 Å². The molecule has 0 amide bonds. The smallest absolute Gasteiger partial charge is 0.212 e. The molecule has 1 aliphatic carbocycles. The summed E-state index contributed by atoms with van der Waals surface area (Å²) in [6.45, 7) is 0.768. The van der Waals surface area contributed by atoms with Gasteiger partial charge >= 0.3 is 0 Å². The fourth-order valence-electron chi connectivity index (χ4n) is 1.39. The third-order valence-corrected chi connectivity index (χ3v) is 3.09. The Labute approximate surface area is 91.2 Å². The number of nitrogens with one attached hydrogen (secondary N) is 1. The van der Waals surface area contributed by atoms with E-state index in [1.54, 1.807) is 28.5 Å². The summed E-state index contributed by atoms with van der Waals surface area (Å²) in [6.07, 6.45) is 5.92. The molecule has 5 nitrogen and oxygen atoms in total. The first-order valence-electron chi connectivity index (χ1n) is 4.95. The van der Waals surface area contributed by atoms with Crippen LogP contribution in [0.4, 0.5) is 0 Å². The number of aromatic nitrogens is 4. The van der Waals surface area contributed by atoms with Gasteiger partial charge in [-0.15, -0.1) is 11.3 Å². The molecule has 0 atom stereocenters. The lowest BCUT2D eigenvalue weighted by Gasteiger charge is -2.02. The molecular formula is C9H11N5S. The van der Waals surface area contributed by atoms with Crippen LogP contribution >= 0.6 is 11.3 Å². The lowest BCUT2D eigenvalue weighted by Crippen LogP contribution is -2.18. The monoisotopic (exact) mass is 221 g/mol. The predicted molar refractivity (Wildman–Crippen MR) is 56.9 cm³/mol. The van der Waals surface area contributed by atoms with Gasteiger partial charge in [-0.05, 0) is 12.8 Å². The zero-order chi connectivity index (χ0) is 10.1. The van der Waals surface area contributed by atoms with E-state index in [1.807, 2.05) is 5.38 Å².